The Balaban J connectivity index is 3.15. The summed E-state index contributed by atoms with van der Waals surface area (Å²) in [4.78, 5) is 11.8. The number of rotatable bonds is 8. The van der Waals surface area contributed by atoms with Gasteiger partial charge in [-0.25, -0.2) is 13.2 Å². The second-order valence-electron chi connectivity index (χ2n) is 9.37. The van der Waals surface area contributed by atoms with E-state index in [1.165, 1.54) is 27.7 Å². The monoisotopic (exact) mass is 510 g/mol. The summed E-state index contributed by atoms with van der Waals surface area (Å²) < 4.78 is 127. The number of carbonyl (C=O) groups is 1. The molecule has 0 amide bonds. The van der Waals surface area contributed by atoms with Crippen LogP contribution in [-0.2, 0) is 15.1 Å². The van der Waals surface area contributed by atoms with Crippen molar-refractivity contribution >= 4 is 5.97 Å². The maximum atomic E-state index is 15.3. The summed E-state index contributed by atoms with van der Waals surface area (Å²) in [6.45, 7) is 6.16. The van der Waals surface area contributed by atoms with Gasteiger partial charge in [-0.15, -0.1) is 0 Å². The Morgan fingerprint density at radius 3 is 1.68 bits per heavy atom. The number of esters is 1. The Bertz CT molecular complexity index is 820. The SMILES string of the molecule is CC(CC(F)(CCC(=O)OC(C)(C)C)C(C)(F)F)c1ccc(C(O)(C(F)(F)F)C(F)(F)F)cc1. The molecule has 0 spiro atoms. The lowest BCUT2D eigenvalue weighted by Crippen LogP contribution is -2.53. The fraction of sp³-hybridized carbons (Fsp3) is 0.682. The molecule has 34 heavy (non-hydrogen) atoms. The molecule has 196 valence electrons. The van der Waals surface area contributed by atoms with Gasteiger partial charge in [-0.2, -0.15) is 26.3 Å². The highest BCUT2D eigenvalue weighted by atomic mass is 19.4. The molecule has 2 unspecified atom stereocenters. The molecule has 0 heterocycles. The zero-order valence-electron chi connectivity index (χ0n) is 19.2. The van der Waals surface area contributed by atoms with Gasteiger partial charge in [-0.3, -0.25) is 4.79 Å². The number of hydrogen-bond donors (Lipinski definition) is 1. The number of hydrogen-bond acceptors (Lipinski definition) is 3. The molecule has 1 N–H and O–H groups in total. The van der Waals surface area contributed by atoms with Crippen molar-refractivity contribution in [2.24, 2.45) is 0 Å². The Kier molecular flexibility index (Phi) is 8.47. The molecule has 0 saturated heterocycles. The number of carbonyl (C=O) groups excluding carboxylic acids is 1. The highest BCUT2D eigenvalue weighted by molar-refractivity contribution is 5.70. The van der Waals surface area contributed by atoms with Gasteiger partial charge in [0, 0.05) is 18.9 Å². The zero-order chi connectivity index (χ0) is 27.0. The van der Waals surface area contributed by atoms with Gasteiger partial charge in [0.1, 0.15) is 5.60 Å². The Hall–Kier alpha value is -1.98. The molecule has 1 aromatic carbocycles. The first-order chi connectivity index (χ1) is 14.9. The average Bonchev–Trinajstić information content (AvgIpc) is 2.61. The Labute approximate surface area is 191 Å². The molecule has 12 heteroatoms. The summed E-state index contributed by atoms with van der Waals surface area (Å²) in [6, 6.07) is 2.25. The molecule has 0 aliphatic rings. The summed E-state index contributed by atoms with van der Waals surface area (Å²) >= 11 is 0. The number of benzene rings is 1. The predicted octanol–water partition coefficient (Wildman–Crippen LogP) is 6.98. The van der Waals surface area contributed by atoms with Crippen LogP contribution in [0.15, 0.2) is 24.3 Å². The van der Waals surface area contributed by atoms with Crippen LogP contribution in [0.25, 0.3) is 0 Å². The maximum Gasteiger partial charge on any atom is 0.430 e. The van der Waals surface area contributed by atoms with Gasteiger partial charge in [0.2, 0.25) is 0 Å². The number of alkyl halides is 9. The molecular weight excluding hydrogens is 483 g/mol. The fourth-order valence-corrected chi connectivity index (χ4v) is 3.34. The molecule has 0 aliphatic carbocycles. The molecule has 1 aromatic rings. The van der Waals surface area contributed by atoms with Gasteiger partial charge in [0.25, 0.3) is 11.5 Å². The largest absolute Gasteiger partial charge is 0.460 e. The van der Waals surface area contributed by atoms with E-state index in [1.54, 1.807) is 0 Å². The Morgan fingerprint density at radius 1 is 0.882 bits per heavy atom. The molecule has 3 nitrogen and oxygen atoms in total. The van der Waals surface area contributed by atoms with Crippen molar-refractivity contribution in [1.82, 2.24) is 0 Å². The van der Waals surface area contributed by atoms with Crippen molar-refractivity contribution in [3.8, 4) is 0 Å². The van der Waals surface area contributed by atoms with Crippen LogP contribution in [-0.4, -0.2) is 40.6 Å². The maximum absolute atomic E-state index is 15.3. The normalized spacial score (nSPS) is 16.7. The van der Waals surface area contributed by atoms with Crippen LogP contribution < -0.4 is 0 Å². The smallest absolute Gasteiger partial charge is 0.430 e. The molecule has 0 fully saturated rings. The third-order valence-corrected chi connectivity index (χ3v) is 5.28. The van der Waals surface area contributed by atoms with Gasteiger partial charge in [-0.05, 0) is 45.1 Å². The van der Waals surface area contributed by atoms with Gasteiger partial charge < -0.3 is 9.84 Å². The molecule has 2 atom stereocenters. The molecule has 0 aromatic heterocycles. The highest BCUT2D eigenvalue weighted by Gasteiger charge is 2.71. The van der Waals surface area contributed by atoms with Crippen molar-refractivity contribution in [3.05, 3.63) is 35.4 Å². The molecule has 0 aliphatic heterocycles. The van der Waals surface area contributed by atoms with Crippen molar-refractivity contribution in [2.75, 3.05) is 0 Å². The van der Waals surface area contributed by atoms with E-state index < -0.39 is 71.9 Å². The topological polar surface area (TPSA) is 46.5 Å². The lowest BCUT2D eigenvalue weighted by molar-refractivity contribution is -0.376. The zero-order valence-corrected chi connectivity index (χ0v) is 19.2. The first kappa shape index (κ1) is 30.1. The molecular formula is C22H27F9O3. The number of aliphatic hydroxyl groups is 1. The van der Waals surface area contributed by atoms with E-state index in [4.69, 9.17) is 4.74 Å². The van der Waals surface area contributed by atoms with Crippen LogP contribution in [0.3, 0.4) is 0 Å². The summed E-state index contributed by atoms with van der Waals surface area (Å²) in [7, 11) is 0. The predicted molar refractivity (Wildman–Crippen MR) is 105 cm³/mol. The quantitative estimate of drug-likeness (QED) is 0.303. The highest BCUT2D eigenvalue weighted by Crippen LogP contribution is 2.50. The van der Waals surface area contributed by atoms with Crippen LogP contribution in [0.2, 0.25) is 0 Å². The summed E-state index contributed by atoms with van der Waals surface area (Å²) in [5.41, 5.74) is -10.9. The van der Waals surface area contributed by atoms with E-state index >= 15 is 4.39 Å². The minimum absolute atomic E-state index is 0.0426. The van der Waals surface area contributed by atoms with Crippen LogP contribution >= 0.6 is 0 Å². The summed E-state index contributed by atoms with van der Waals surface area (Å²) in [6.07, 6.45) is -14.7. The summed E-state index contributed by atoms with van der Waals surface area (Å²) in [5, 5.41) is 9.43. The Morgan fingerprint density at radius 2 is 1.32 bits per heavy atom. The molecule has 1 rings (SSSR count). The fourth-order valence-electron chi connectivity index (χ4n) is 3.34. The summed E-state index contributed by atoms with van der Waals surface area (Å²) in [5.74, 6) is -5.92. The number of ether oxygens (including phenoxy) is 1. The first-order valence-corrected chi connectivity index (χ1v) is 10.2. The third-order valence-electron chi connectivity index (χ3n) is 5.28. The standard InChI is InChI=1S/C22H27F9O3/c1-13(12-19(25,18(5,23)24)11-10-16(32)34-17(2,3)4)14-6-8-15(9-7-14)20(33,21(26,27)28)22(29,30)31/h6-9,13,33H,10-12H2,1-5H3. The second kappa shape index (κ2) is 9.58. The van der Waals surface area contributed by atoms with Gasteiger partial charge in [0.15, 0.2) is 5.67 Å². The lowest BCUT2D eigenvalue weighted by Gasteiger charge is -2.34. The van der Waals surface area contributed by atoms with Crippen molar-refractivity contribution in [3.63, 3.8) is 0 Å². The van der Waals surface area contributed by atoms with E-state index in [-0.39, 0.29) is 5.56 Å². The molecule has 0 radical (unpaired) electrons. The van der Waals surface area contributed by atoms with Crippen LogP contribution in [0.1, 0.15) is 70.9 Å². The van der Waals surface area contributed by atoms with Crippen molar-refractivity contribution in [2.45, 2.75) is 94.9 Å². The average molecular weight is 510 g/mol. The minimum atomic E-state index is -6.08. The molecule has 0 bridgehead atoms. The van der Waals surface area contributed by atoms with Crippen LogP contribution in [0, 0.1) is 0 Å². The minimum Gasteiger partial charge on any atom is -0.460 e. The van der Waals surface area contributed by atoms with E-state index in [0.29, 0.717) is 19.1 Å². The molecule has 0 saturated carbocycles. The lowest BCUT2D eigenvalue weighted by atomic mass is 9.81. The number of halogens is 9. The van der Waals surface area contributed by atoms with Gasteiger partial charge >= 0.3 is 18.3 Å². The second-order valence-corrected chi connectivity index (χ2v) is 9.37. The van der Waals surface area contributed by atoms with Gasteiger partial charge in [0.05, 0.1) is 0 Å². The first-order valence-electron chi connectivity index (χ1n) is 10.2. The van der Waals surface area contributed by atoms with E-state index in [1.807, 2.05) is 0 Å². The van der Waals surface area contributed by atoms with E-state index in [0.717, 1.165) is 12.1 Å². The van der Waals surface area contributed by atoms with Crippen molar-refractivity contribution < 1.29 is 54.2 Å². The van der Waals surface area contributed by atoms with Crippen molar-refractivity contribution in [1.29, 1.82) is 0 Å². The van der Waals surface area contributed by atoms with E-state index in [9.17, 15) is 45.0 Å². The third kappa shape index (κ3) is 6.79. The van der Waals surface area contributed by atoms with Crippen LogP contribution in [0.5, 0.6) is 0 Å². The van der Waals surface area contributed by atoms with Crippen LogP contribution in [0.4, 0.5) is 39.5 Å². The van der Waals surface area contributed by atoms with Gasteiger partial charge in [-0.1, -0.05) is 31.2 Å². The van der Waals surface area contributed by atoms with E-state index in [2.05, 4.69) is 0 Å².